The van der Waals surface area contributed by atoms with E-state index in [0.29, 0.717) is 6.10 Å². The molecule has 1 heterocycles. The Kier molecular flexibility index (Phi) is 4.62. The molecule has 72 valence electrons. The van der Waals surface area contributed by atoms with Gasteiger partial charge in [0.1, 0.15) is 0 Å². The molecule has 0 amide bonds. The third-order valence-corrected chi connectivity index (χ3v) is 2.50. The predicted octanol–water partition coefficient (Wildman–Crippen LogP) is 2.11. The summed E-state index contributed by atoms with van der Waals surface area (Å²) in [4.78, 5) is 0. The maximum atomic E-state index is 8.98. The first kappa shape index (κ1) is 10.0. The minimum Gasteiger partial charge on any atom is -0.394 e. The summed E-state index contributed by atoms with van der Waals surface area (Å²) < 4.78 is 5.75. The molecule has 0 saturated carbocycles. The molecule has 12 heavy (non-hydrogen) atoms. The van der Waals surface area contributed by atoms with Crippen molar-refractivity contribution in [2.24, 2.45) is 0 Å². The number of rotatable bonds is 3. The Morgan fingerprint density at radius 3 is 2.50 bits per heavy atom. The molecule has 1 N–H and O–H groups in total. The summed E-state index contributed by atoms with van der Waals surface area (Å²) in [5.74, 6) is 0. The summed E-state index contributed by atoms with van der Waals surface area (Å²) in [6, 6.07) is 0. The van der Waals surface area contributed by atoms with Crippen molar-refractivity contribution < 1.29 is 9.84 Å². The second kappa shape index (κ2) is 5.55. The summed E-state index contributed by atoms with van der Waals surface area (Å²) in [6.07, 6.45) is 7.56. The number of ether oxygens (including phenoxy) is 1. The molecule has 2 heteroatoms. The van der Waals surface area contributed by atoms with Crippen LogP contribution in [0.2, 0.25) is 0 Å². The SMILES string of the molecule is CCCC1CCCCC(CO)O1. The van der Waals surface area contributed by atoms with Gasteiger partial charge in [-0.05, 0) is 19.3 Å². The molecule has 2 nitrogen and oxygen atoms in total. The molecule has 0 aromatic carbocycles. The zero-order chi connectivity index (χ0) is 8.81. The van der Waals surface area contributed by atoms with Gasteiger partial charge in [-0.1, -0.05) is 26.2 Å². The molecule has 0 aliphatic carbocycles. The molecular formula is C10H20O2. The largest absolute Gasteiger partial charge is 0.394 e. The Bertz CT molecular complexity index is 114. The predicted molar refractivity (Wildman–Crippen MR) is 49.1 cm³/mol. The fraction of sp³-hybridized carbons (Fsp3) is 1.00. The van der Waals surface area contributed by atoms with Crippen LogP contribution < -0.4 is 0 Å². The molecule has 1 saturated heterocycles. The van der Waals surface area contributed by atoms with E-state index in [2.05, 4.69) is 6.92 Å². The molecule has 0 spiro atoms. The van der Waals surface area contributed by atoms with E-state index in [1.807, 2.05) is 0 Å². The van der Waals surface area contributed by atoms with Crippen molar-refractivity contribution in [1.29, 1.82) is 0 Å². The highest BCUT2D eigenvalue weighted by molar-refractivity contribution is 4.68. The molecule has 0 radical (unpaired) electrons. The number of aliphatic hydroxyl groups excluding tert-OH is 1. The normalized spacial score (nSPS) is 31.5. The van der Waals surface area contributed by atoms with Crippen LogP contribution in [0, 0.1) is 0 Å². The fourth-order valence-corrected chi connectivity index (χ4v) is 1.82. The van der Waals surface area contributed by atoms with E-state index in [1.54, 1.807) is 0 Å². The van der Waals surface area contributed by atoms with Gasteiger partial charge in [0.15, 0.2) is 0 Å². The summed E-state index contributed by atoms with van der Waals surface area (Å²) in [7, 11) is 0. The van der Waals surface area contributed by atoms with Crippen molar-refractivity contribution in [3.63, 3.8) is 0 Å². The Morgan fingerprint density at radius 1 is 1.25 bits per heavy atom. The topological polar surface area (TPSA) is 29.5 Å². The molecule has 2 atom stereocenters. The lowest BCUT2D eigenvalue weighted by Gasteiger charge is -2.19. The summed E-state index contributed by atoms with van der Waals surface area (Å²) in [5, 5.41) is 8.98. The second-order valence-electron chi connectivity index (χ2n) is 3.64. The number of hydrogen-bond acceptors (Lipinski definition) is 2. The summed E-state index contributed by atoms with van der Waals surface area (Å²) in [6.45, 7) is 2.38. The molecule has 0 bridgehead atoms. The van der Waals surface area contributed by atoms with Crippen molar-refractivity contribution in [2.45, 2.75) is 57.7 Å². The Morgan fingerprint density at radius 2 is 1.92 bits per heavy atom. The van der Waals surface area contributed by atoms with Crippen LogP contribution in [0.15, 0.2) is 0 Å². The van der Waals surface area contributed by atoms with E-state index in [4.69, 9.17) is 9.84 Å². The van der Waals surface area contributed by atoms with Gasteiger partial charge >= 0.3 is 0 Å². The summed E-state index contributed by atoms with van der Waals surface area (Å²) >= 11 is 0. The Balaban J connectivity index is 2.31. The lowest BCUT2D eigenvalue weighted by Crippen LogP contribution is -2.22. The monoisotopic (exact) mass is 172 g/mol. The lowest BCUT2D eigenvalue weighted by molar-refractivity contribution is -0.0385. The third kappa shape index (κ3) is 3.11. The van der Waals surface area contributed by atoms with Gasteiger partial charge in [-0.2, -0.15) is 0 Å². The van der Waals surface area contributed by atoms with Crippen molar-refractivity contribution in [2.75, 3.05) is 6.61 Å². The second-order valence-corrected chi connectivity index (χ2v) is 3.64. The average Bonchev–Trinajstić information content (AvgIpc) is 2.30. The number of hydrogen-bond donors (Lipinski definition) is 1. The van der Waals surface area contributed by atoms with Crippen LogP contribution in [-0.4, -0.2) is 23.9 Å². The van der Waals surface area contributed by atoms with Gasteiger partial charge in [0.2, 0.25) is 0 Å². The van der Waals surface area contributed by atoms with Crippen LogP contribution in [0.1, 0.15) is 45.4 Å². The molecular weight excluding hydrogens is 152 g/mol. The van der Waals surface area contributed by atoms with Crippen LogP contribution in [0.4, 0.5) is 0 Å². The van der Waals surface area contributed by atoms with E-state index in [0.717, 1.165) is 12.8 Å². The first-order valence-corrected chi connectivity index (χ1v) is 5.13. The highest BCUT2D eigenvalue weighted by Crippen LogP contribution is 2.20. The maximum absolute atomic E-state index is 8.98. The Hall–Kier alpha value is -0.0800. The molecule has 2 unspecified atom stereocenters. The van der Waals surface area contributed by atoms with E-state index in [-0.39, 0.29) is 12.7 Å². The van der Waals surface area contributed by atoms with E-state index < -0.39 is 0 Å². The quantitative estimate of drug-likeness (QED) is 0.706. The molecule has 1 fully saturated rings. The van der Waals surface area contributed by atoms with Gasteiger partial charge in [0, 0.05) is 0 Å². The van der Waals surface area contributed by atoms with Crippen LogP contribution in [0.25, 0.3) is 0 Å². The van der Waals surface area contributed by atoms with Crippen molar-refractivity contribution >= 4 is 0 Å². The average molecular weight is 172 g/mol. The third-order valence-electron chi connectivity index (χ3n) is 2.50. The zero-order valence-corrected chi connectivity index (χ0v) is 7.96. The summed E-state index contributed by atoms with van der Waals surface area (Å²) in [5.41, 5.74) is 0. The van der Waals surface area contributed by atoms with E-state index in [9.17, 15) is 0 Å². The van der Waals surface area contributed by atoms with Gasteiger partial charge in [0.25, 0.3) is 0 Å². The minimum atomic E-state index is 0.115. The van der Waals surface area contributed by atoms with Gasteiger partial charge in [0.05, 0.1) is 18.8 Å². The van der Waals surface area contributed by atoms with Crippen molar-refractivity contribution in [3.05, 3.63) is 0 Å². The molecule has 1 aliphatic rings. The van der Waals surface area contributed by atoms with Crippen LogP contribution in [0.3, 0.4) is 0 Å². The molecule has 0 aromatic rings. The fourth-order valence-electron chi connectivity index (χ4n) is 1.82. The minimum absolute atomic E-state index is 0.115. The van der Waals surface area contributed by atoms with Crippen LogP contribution in [-0.2, 0) is 4.74 Å². The van der Waals surface area contributed by atoms with Crippen molar-refractivity contribution in [3.8, 4) is 0 Å². The highest BCUT2D eigenvalue weighted by atomic mass is 16.5. The van der Waals surface area contributed by atoms with Gasteiger partial charge in [-0.3, -0.25) is 0 Å². The van der Waals surface area contributed by atoms with Crippen LogP contribution >= 0.6 is 0 Å². The van der Waals surface area contributed by atoms with Crippen molar-refractivity contribution in [1.82, 2.24) is 0 Å². The number of aliphatic hydroxyl groups is 1. The van der Waals surface area contributed by atoms with Gasteiger partial charge in [-0.25, -0.2) is 0 Å². The Labute approximate surface area is 74.9 Å². The lowest BCUT2D eigenvalue weighted by atomic mass is 10.1. The maximum Gasteiger partial charge on any atom is 0.0809 e. The van der Waals surface area contributed by atoms with Gasteiger partial charge < -0.3 is 9.84 Å². The first-order valence-electron chi connectivity index (χ1n) is 5.13. The molecule has 1 aliphatic heterocycles. The highest BCUT2D eigenvalue weighted by Gasteiger charge is 2.18. The standard InChI is InChI=1S/C10H20O2/c1-2-5-9-6-3-4-7-10(8-11)12-9/h9-11H,2-8H2,1H3. The van der Waals surface area contributed by atoms with Crippen LogP contribution in [0.5, 0.6) is 0 Å². The molecule has 1 rings (SSSR count). The zero-order valence-electron chi connectivity index (χ0n) is 7.96. The van der Waals surface area contributed by atoms with E-state index in [1.165, 1.54) is 25.7 Å². The molecule has 0 aromatic heterocycles. The smallest absolute Gasteiger partial charge is 0.0809 e. The van der Waals surface area contributed by atoms with E-state index >= 15 is 0 Å². The first-order chi connectivity index (χ1) is 5.86. The van der Waals surface area contributed by atoms with Gasteiger partial charge in [-0.15, -0.1) is 0 Å².